The van der Waals surface area contributed by atoms with Crippen molar-refractivity contribution in [1.82, 2.24) is 0 Å². The zero-order chi connectivity index (χ0) is 12.7. The highest BCUT2D eigenvalue weighted by Crippen LogP contribution is 2.35. The molecule has 2 saturated heterocycles. The molecule has 2 fully saturated rings. The Morgan fingerprint density at radius 2 is 1.12 bits per heavy atom. The van der Waals surface area contributed by atoms with Gasteiger partial charge in [0.15, 0.2) is 0 Å². The third kappa shape index (κ3) is 1.83. The molecule has 0 bridgehead atoms. The molecule has 0 amide bonds. The summed E-state index contributed by atoms with van der Waals surface area (Å²) in [7, 11) is 0. The molecule has 92 valence electrons. The summed E-state index contributed by atoms with van der Waals surface area (Å²) in [6, 6.07) is 0. The fraction of sp³-hybridized carbons (Fsp3) is 0.636. The van der Waals surface area contributed by atoms with Gasteiger partial charge in [0, 0.05) is 0 Å². The fourth-order valence-corrected chi connectivity index (χ4v) is 2.15. The minimum Gasteiger partial charge on any atom is -0.393 e. The SMILES string of the molecule is CC1C(=O)OC(=O)C1CC1C(=O)OC(=O)C1C. The first-order chi connectivity index (χ1) is 7.91. The zero-order valence-electron chi connectivity index (χ0n) is 9.47. The van der Waals surface area contributed by atoms with E-state index in [2.05, 4.69) is 9.47 Å². The van der Waals surface area contributed by atoms with Crippen LogP contribution >= 0.6 is 0 Å². The van der Waals surface area contributed by atoms with Crippen molar-refractivity contribution in [3.05, 3.63) is 0 Å². The topological polar surface area (TPSA) is 86.7 Å². The van der Waals surface area contributed by atoms with E-state index in [0.29, 0.717) is 0 Å². The molecule has 0 aromatic heterocycles. The molecule has 6 heteroatoms. The lowest BCUT2D eigenvalue weighted by molar-refractivity contribution is -0.154. The maximum absolute atomic E-state index is 11.4. The van der Waals surface area contributed by atoms with Crippen LogP contribution in [0.15, 0.2) is 0 Å². The van der Waals surface area contributed by atoms with Gasteiger partial charge in [-0.2, -0.15) is 0 Å². The molecule has 0 radical (unpaired) electrons. The van der Waals surface area contributed by atoms with Crippen LogP contribution in [-0.4, -0.2) is 23.9 Å². The van der Waals surface area contributed by atoms with E-state index in [-0.39, 0.29) is 6.42 Å². The van der Waals surface area contributed by atoms with Crippen molar-refractivity contribution in [2.24, 2.45) is 23.7 Å². The minimum atomic E-state index is -0.659. The van der Waals surface area contributed by atoms with Gasteiger partial charge in [-0.1, -0.05) is 13.8 Å². The fourth-order valence-electron chi connectivity index (χ4n) is 2.15. The maximum Gasteiger partial charge on any atom is 0.317 e. The number of carbonyl (C=O) groups is 4. The molecule has 0 aromatic rings. The van der Waals surface area contributed by atoms with E-state index in [4.69, 9.17) is 0 Å². The first kappa shape index (κ1) is 11.8. The van der Waals surface area contributed by atoms with Gasteiger partial charge in [-0.25, -0.2) is 0 Å². The molecule has 2 rings (SSSR count). The third-order valence-electron chi connectivity index (χ3n) is 3.47. The maximum atomic E-state index is 11.4. The van der Waals surface area contributed by atoms with Crippen LogP contribution < -0.4 is 0 Å². The third-order valence-corrected chi connectivity index (χ3v) is 3.47. The number of hydrogen-bond donors (Lipinski definition) is 0. The Kier molecular flexibility index (Phi) is 2.73. The highest BCUT2D eigenvalue weighted by Gasteiger charge is 2.48. The van der Waals surface area contributed by atoms with E-state index in [9.17, 15) is 19.2 Å². The number of carbonyl (C=O) groups excluding carboxylic acids is 4. The molecule has 4 unspecified atom stereocenters. The smallest absolute Gasteiger partial charge is 0.317 e. The summed E-state index contributed by atoms with van der Waals surface area (Å²) >= 11 is 0. The molecular weight excluding hydrogens is 228 g/mol. The Balaban J connectivity index is 2.11. The largest absolute Gasteiger partial charge is 0.393 e. The first-order valence-corrected chi connectivity index (χ1v) is 5.43. The van der Waals surface area contributed by atoms with E-state index >= 15 is 0 Å². The molecule has 0 aliphatic carbocycles. The molecule has 17 heavy (non-hydrogen) atoms. The van der Waals surface area contributed by atoms with Crippen molar-refractivity contribution < 1.29 is 28.7 Å². The molecule has 0 aromatic carbocycles. The van der Waals surface area contributed by atoms with Gasteiger partial charge >= 0.3 is 23.9 Å². The lowest BCUT2D eigenvalue weighted by Crippen LogP contribution is -2.24. The van der Waals surface area contributed by atoms with Crippen LogP contribution in [0, 0.1) is 23.7 Å². The van der Waals surface area contributed by atoms with Crippen LogP contribution in [0.2, 0.25) is 0 Å². The minimum absolute atomic E-state index is 0.123. The Bertz CT molecular complexity index is 374. The molecule has 2 aliphatic rings. The zero-order valence-corrected chi connectivity index (χ0v) is 9.47. The second kappa shape index (κ2) is 3.94. The van der Waals surface area contributed by atoms with Crippen LogP contribution in [0.5, 0.6) is 0 Å². The summed E-state index contributed by atoms with van der Waals surface area (Å²) < 4.78 is 8.96. The van der Waals surface area contributed by atoms with E-state index in [0.717, 1.165) is 0 Å². The summed E-state index contributed by atoms with van der Waals surface area (Å²) in [4.78, 5) is 45.1. The van der Waals surface area contributed by atoms with E-state index < -0.39 is 47.5 Å². The highest BCUT2D eigenvalue weighted by molar-refractivity contribution is 5.98. The normalized spacial score (nSPS) is 37.3. The Hall–Kier alpha value is -1.72. The molecule has 2 aliphatic heterocycles. The lowest BCUT2D eigenvalue weighted by Gasteiger charge is -2.13. The van der Waals surface area contributed by atoms with Gasteiger partial charge in [0.05, 0.1) is 23.7 Å². The molecule has 0 spiro atoms. The number of hydrogen-bond acceptors (Lipinski definition) is 6. The van der Waals surface area contributed by atoms with Crippen molar-refractivity contribution >= 4 is 23.9 Å². The number of esters is 4. The molecule has 0 saturated carbocycles. The monoisotopic (exact) mass is 240 g/mol. The van der Waals surface area contributed by atoms with Crippen molar-refractivity contribution in [1.29, 1.82) is 0 Å². The van der Waals surface area contributed by atoms with Crippen molar-refractivity contribution in [3.8, 4) is 0 Å². The quantitative estimate of drug-likeness (QED) is 0.500. The summed E-state index contributed by atoms with van der Waals surface area (Å²) in [5.74, 6) is -4.86. The van der Waals surface area contributed by atoms with Crippen LogP contribution in [0.1, 0.15) is 20.3 Å². The average Bonchev–Trinajstić information content (AvgIpc) is 2.62. The average molecular weight is 240 g/mol. The van der Waals surface area contributed by atoms with Gasteiger partial charge in [-0.15, -0.1) is 0 Å². The molecule has 0 N–H and O–H groups in total. The van der Waals surface area contributed by atoms with Crippen LogP contribution in [0.25, 0.3) is 0 Å². The predicted molar refractivity (Wildman–Crippen MR) is 52.1 cm³/mol. The number of rotatable bonds is 2. The second-order valence-electron chi connectivity index (χ2n) is 4.51. The summed E-state index contributed by atoms with van der Waals surface area (Å²) in [6.07, 6.45) is 0.123. The standard InChI is InChI=1S/C11H12O6/c1-4-6(10(14)16-8(4)12)3-7-5(2)9(13)17-11(7)15/h4-7H,3H2,1-2H3. The number of ether oxygens (including phenoxy) is 2. The van der Waals surface area contributed by atoms with E-state index in [1.807, 2.05) is 0 Å². The van der Waals surface area contributed by atoms with Gasteiger partial charge in [0.25, 0.3) is 0 Å². The Labute approximate surface area is 97.3 Å². The van der Waals surface area contributed by atoms with E-state index in [1.54, 1.807) is 13.8 Å². The van der Waals surface area contributed by atoms with Crippen LogP contribution in [0.3, 0.4) is 0 Å². The summed E-state index contributed by atoms with van der Waals surface area (Å²) in [5, 5.41) is 0. The lowest BCUT2D eigenvalue weighted by atomic mass is 9.82. The van der Waals surface area contributed by atoms with Gasteiger partial charge < -0.3 is 9.47 Å². The molecule has 6 nitrogen and oxygen atoms in total. The molecule has 4 atom stereocenters. The first-order valence-electron chi connectivity index (χ1n) is 5.43. The molecular formula is C11H12O6. The van der Waals surface area contributed by atoms with Gasteiger partial charge in [-0.3, -0.25) is 19.2 Å². The summed E-state index contributed by atoms with van der Waals surface area (Å²) in [5.41, 5.74) is 0. The Morgan fingerprint density at radius 1 is 0.765 bits per heavy atom. The van der Waals surface area contributed by atoms with Gasteiger partial charge in [0.1, 0.15) is 0 Å². The van der Waals surface area contributed by atoms with Crippen molar-refractivity contribution in [2.75, 3.05) is 0 Å². The van der Waals surface area contributed by atoms with Gasteiger partial charge in [0.2, 0.25) is 0 Å². The van der Waals surface area contributed by atoms with Crippen molar-refractivity contribution in [2.45, 2.75) is 20.3 Å². The second-order valence-corrected chi connectivity index (χ2v) is 4.51. The Morgan fingerprint density at radius 3 is 1.35 bits per heavy atom. The van der Waals surface area contributed by atoms with Crippen LogP contribution in [0.4, 0.5) is 0 Å². The van der Waals surface area contributed by atoms with Crippen LogP contribution in [-0.2, 0) is 28.7 Å². The molecule has 2 heterocycles. The predicted octanol–water partition coefficient (Wildman–Crippen LogP) is 0.0479. The van der Waals surface area contributed by atoms with Gasteiger partial charge in [-0.05, 0) is 6.42 Å². The van der Waals surface area contributed by atoms with Crippen molar-refractivity contribution in [3.63, 3.8) is 0 Å². The van der Waals surface area contributed by atoms with E-state index in [1.165, 1.54) is 0 Å². The highest BCUT2D eigenvalue weighted by atomic mass is 16.6. The number of cyclic esters (lactones) is 4. The summed E-state index contributed by atoms with van der Waals surface area (Å²) in [6.45, 7) is 3.15.